The second-order valence-corrected chi connectivity index (χ2v) is 4.25. The van der Waals surface area contributed by atoms with Crippen LogP contribution in [0.3, 0.4) is 0 Å². The van der Waals surface area contributed by atoms with Gasteiger partial charge in [0.15, 0.2) is 0 Å². The fourth-order valence-corrected chi connectivity index (χ4v) is 1.68. The molecule has 1 aromatic rings. The molecule has 0 saturated heterocycles. The molecule has 0 amide bonds. The monoisotopic (exact) mass is 205 g/mol. The molecule has 3 nitrogen and oxygen atoms in total. The lowest BCUT2D eigenvalue weighted by molar-refractivity contribution is -0.136. The lowest BCUT2D eigenvalue weighted by atomic mass is 10.0. The number of nitrogens with two attached hydrogens (primary N) is 1. The van der Waals surface area contributed by atoms with Gasteiger partial charge in [-0.05, 0) is 30.4 Å². The maximum absolute atomic E-state index is 10.4. The standard InChI is InChI=1S/C12H15NO2/c13-12(7-8-12)10-4-1-9(2-5-10)3-6-11(14)15/h1-2,4-5H,3,6-8,13H2,(H,14,15). The van der Waals surface area contributed by atoms with E-state index < -0.39 is 5.97 Å². The van der Waals surface area contributed by atoms with Crippen LogP contribution in [0.25, 0.3) is 0 Å². The van der Waals surface area contributed by atoms with Gasteiger partial charge in [0.2, 0.25) is 0 Å². The van der Waals surface area contributed by atoms with Gasteiger partial charge in [0, 0.05) is 12.0 Å². The van der Waals surface area contributed by atoms with Gasteiger partial charge >= 0.3 is 5.97 Å². The number of rotatable bonds is 4. The summed E-state index contributed by atoms with van der Waals surface area (Å²) < 4.78 is 0. The summed E-state index contributed by atoms with van der Waals surface area (Å²) in [6, 6.07) is 7.99. The molecule has 3 heteroatoms. The Kier molecular flexibility index (Phi) is 2.49. The van der Waals surface area contributed by atoms with Gasteiger partial charge in [-0.15, -0.1) is 0 Å². The van der Waals surface area contributed by atoms with Crippen LogP contribution >= 0.6 is 0 Å². The van der Waals surface area contributed by atoms with Crippen molar-refractivity contribution in [3.8, 4) is 0 Å². The molecule has 0 aromatic heterocycles. The third-order valence-electron chi connectivity index (χ3n) is 2.95. The first-order valence-corrected chi connectivity index (χ1v) is 5.20. The Morgan fingerprint density at radius 1 is 1.33 bits per heavy atom. The van der Waals surface area contributed by atoms with Gasteiger partial charge in [0.05, 0.1) is 0 Å². The normalized spacial score (nSPS) is 17.4. The zero-order valence-electron chi connectivity index (χ0n) is 8.57. The summed E-state index contributed by atoms with van der Waals surface area (Å²) >= 11 is 0. The quantitative estimate of drug-likeness (QED) is 0.785. The van der Waals surface area contributed by atoms with Crippen molar-refractivity contribution in [1.82, 2.24) is 0 Å². The second-order valence-electron chi connectivity index (χ2n) is 4.25. The number of carboxylic acids is 1. The highest BCUT2D eigenvalue weighted by atomic mass is 16.4. The third kappa shape index (κ3) is 2.36. The molecular weight excluding hydrogens is 190 g/mol. The average molecular weight is 205 g/mol. The predicted molar refractivity (Wildman–Crippen MR) is 57.5 cm³/mol. The summed E-state index contributed by atoms with van der Waals surface area (Å²) in [7, 11) is 0. The van der Waals surface area contributed by atoms with E-state index in [1.807, 2.05) is 24.3 Å². The summed E-state index contributed by atoms with van der Waals surface area (Å²) in [5.41, 5.74) is 8.18. The number of aryl methyl sites for hydroxylation is 1. The highest BCUT2D eigenvalue weighted by Crippen LogP contribution is 2.42. The van der Waals surface area contributed by atoms with Crippen molar-refractivity contribution < 1.29 is 9.90 Å². The van der Waals surface area contributed by atoms with Crippen molar-refractivity contribution in [3.63, 3.8) is 0 Å². The number of aliphatic carboxylic acids is 1. The molecule has 0 aliphatic heterocycles. The Balaban J connectivity index is 2.01. The lowest BCUT2D eigenvalue weighted by Gasteiger charge is -2.09. The molecule has 1 saturated carbocycles. The highest BCUT2D eigenvalue weighted by Gasteiger charge is 2.39. The van der Waals surface area contributed by atoms with E-state index in [1.165, 1.54) is 5.56 Å². The Hall–Kier alpha value is -1.35. The van der Waals surface area contributed by atoms with Gasteiger partial charge in [0.25, 0.3) is 0 Å². The molecule has 1 aliphatic carbocycles. The fourth-order valence-electron chi connectivity index (χ4n) is 1.68. The van der Waals surface area contributed by atoms with Crippen LogP contribution in [0.4, 0.5) is 0 Å². The van der Waals surface area contributed by atoms with Crippen LogP contribution in [0.1, 0.15) is 30.4 Å². The first-order chi connectivity index (χ1) is 7.10. The van der Waals surface area contributed by atoms with Crippen LogP contribution < -0.4 is 5.73 Å². The molecule has 15 heavy (non-hydrogen) atoms. The van der Waals surface area contributed by atoms with Crippen LogP contribution in [0.5, 0.6) is 0 Å². The van der Waals surface area contributed by atoms with E-state index in [0.29, 0.717) is 6.42 Å². The minimum absolute atomic E-state index is 0.0919. The maximum Gasteiger partial charge on any atom is 0.303 e. The molecule has 1 aliphatic rings. The largest absolute Gasteiger partial charge is 0.481 e. The number of benzene rings is 1. The summed E-state index contributed by atoms with van der Waals surface area (Å²) in [6.07, 6.45) is 2.89. The molecule has 1 fully saturated rings. The summed E-state index contributed by atoms with van der Waals surface area (Å²) in [5, 5.41) is 8.55. The molecule has 1 aromatic carbocycles. The topological polar surface area (TPSA) is 63.3 Å². The van der Waals surface area contributed by atoms with Crippen LogP contribution in [0, 0.1) is 0 Å². The zero-order valence-corrected chi connectivity index (χ0v) is 8.57. The molecule has 0 bridgehead atoms. The van der Waals surface area contributed by atoms with Gasteiger partial charge in [-0.25, -0.2) is 0 Å². The van der Waals surface area contributed by atoms with Crippen molar-refractivity contribution in [2.45, 2.75) is 31.2 Å². The number of carboxylic acid groups (broad SMARTS) is 1. The zero-order chi connectivity index (χ0) is 10.9. The molecular formula is C12H15NO2. The van der Waals surface area contributed by atoms with Gasteiger partial charge in [-0.2, -0.15) is 0 Å². The SMILES string of the molecule is NC1(c2ccc(CCC(=O)O)cc2)CC1. The molecule has 2 rings (SSSR count). The van der Waals surface area contributed by atoms with E-state index in [0.717, 1.165) is 18.4 Å². The minimum atomic E-state index is -0.753. The second kappa shape index (κ2) is 3.66. The smallest absolute Gasteiger partial charge is 0.303 e. The van der Waals surface area contributed by atoms with Crippen molar-refractivity contribution in [3.05, 3.63) is 35.4 Å². The minimum Gasteiger partial charge on any atom is -0.481 e. The van der Waals surface area contributed by atoms with Crippen LogP contribution in [-0.4, -0.2) is 11.1 Å². The van der Waals surface area contributed by atoms with Gasteiger partial charge in [-0.1, -0.05) is 24.3 Å². The maximum atomic E-state index is 10.4. The number of hydrogen-bond acceptors (Lipinski definition) is 2. The van der Waals surface area contributed by atoms with Gasteiger partial charge in [-0.3, -0.25) is 4.79 Å². The Bertz CT molecular complexity index is 366. The first-order valence-electron chi connectivity index (χ1n) is 5.20. The summed E-state index contributed by atoms with van der Waals surface area (Å²) in [5.74, 6) is -0.753. The average Bonchev–Trinajstić information content (AvgIpc) is 2.96. The molecule has 0 radical (unpaired) electrons. The van der Waals surface area contributed by atoms with Crippen LogP contribution in [-0.2, 0) is 16.8 Å². The number of hydrogen-bond donors (Lipinski definition) is 2. The predicted octanol–water partition coefficient (Wildman–Crippen LogP) is 1.65. The molecule has 80 valence electrons. The first kappa shape index (κ1) is 10.2. The fraction of sp³-hybridized carbons (Fsp3) is 0.417. The van der Waals surface area contributed by atoms with E-state index in [9.17, 15) is 4.79 Å². The van der Waals surface area contributed by atoms with E-state index in [1.54, 1.807) is 0 Å². The van der Waals surface area contributed by atoms with Gasteiger partial charge in [0.1, 0.15) is 0 Å². The lowest BCUT2D eigenvalue weighted by Crippen LogP contribution is -2.18. The van der Waals surface area contributed by atoms with Crippen LogP contribution in [0.15, 0.2) is 24.3 Å². The van der Waals surface area contributed by atoms with Crippen molar-refractivity contribution in [2.75, 3.05) is 0 Å². The van der Waals surface area contributed by atoms with E-state index >= 15 is 0 Å². The van der Waals surface area contributed by atoms with Crippen LogP contribution in [0.2, 0.25) is 0 Å². The van der Waals surface area contributed by atoms with E-state index in [-0.39, 0.29) is 12.0 Å². The third-order valence-corrected chi connectivity index (χ3v) is 2.95. The van der Waals surface area contributed by atoms with E-state index in [2.05, 4.69) is 0 Å². The van der Waals surface area contributed by atoms with Crippen molar-refractivity contribution in [2.24, 2.45) is 5.73 Å². The Labute approximate surface area is 88.9 Å². The van der Waals surface area contributed by atoms with Crippen molar-refractivity contribution in [1.29, 1.82) is 0 Å². The molecule has 0 atom stereocenters. The highest BCUT2D eigenvalue weighted by molar-refractivity contribution is 5.67. The number of carbonyl (C=O) groups is 1. The summed E-state index contributed by atoms with van der Waals surface area (Å²) in [6.45, 7) is 0. The molecule has 0 spiro atoms. The molecule has 3 N–H and O–H groups in total. The molecule has 0 unspecified atom stereocenters. The van der Waals surface area contributed by atoms with Crippen molar-refractivity contribution >= 4 is 5.97 Å². The van der Waals surface area contributed by atoms with E-state index in [4.69, 9.17) is 10.8 Å². The Morgan fingerprint density at radius 3 is 2.40 bits per heavy atom. The Morgan fingerprint density at radius 2 is 1.93 bits per heavy atom. The summed E-state index contributed by atoms with van der Waals surface area (Å²) in [4.78, 5) is 10.4. The molecule has 0 heterocycles. The van der Waals surface area contributed by atoms with Gasteiger partial charge < -0.3 is 10.8 Å².